The van der Waals surface area contributed by atoms with Crippen molar-refractivity contribution in [2.45, 2.75) is 40.5 Å². The number of rotatable bonds is 4. The molecule has 0 unspecified atom stereocenters. The fraction of sp³-hybridized carbons (Fsp3) is 0.889. The Kier molecular flexibility index (Phi) is 5.24. The van der Waals surface area contributed by atoms with Gasteiger partial charge in [-0.2, -0.15) is 11.8 Å². The van der Waals surface area contributed by atoms with Gasteiger partial charge in [-0.1, -0.05) is 27.7 Å². The minimum Gasteiger partial charge on any atom is -0.157 e. The zero-order valence-electron chi connectivity index (χ0n) is 7.61. The first-order valence-corrected chi connectivity index (χ1v) is 5.04. The Hall–Kier alpha value is 0.350. The van der Waals surface area contributed by atoms with Gasteiger partial charge in [-0.05, 0) is 24.0 Å². The van der Waals surface area contributed by atoms with Crippen molar-refractivity contribution in [3.8, 4) is 0 Å². The summed E-state index contributed by atoms with van der Waals surface area (Å²) in [6.45, 7) is 9.06. The maximum absolute atomic E-state index is 2.29. The van der Waals surface area contributed by atoms with Gasteiger partial charge in [-0.15, -0.1) is 0 Å². The van der Waals surface area contributed by atoms with E-state index in [-0.39, 0.29) is 0 Å². The molecule has 0 rings (SSSR count). The van der Waals surface area contributed by atoms with E-state index in [1.54, 1.807) is 0 Å². The molecular weight excluding hydrogens is 140 g/mol. The SMILES string of the molecule is CC[CH]SCCC(C)(C)C. The smallest absolute Gasteiger partial charge is 0.0163 e. The average Bonchev–Trinajstić information content (AvgIpc) is 1.78. The van der Waals surface area contributed by atoms with Crippen LogP contribution in [0.2, 0.25) is 0 Å². The van der Waals surface area contributed by atoms with Gasteiger partial charge in [0, 0.05) is 5.75 Å². The fourth-order valence-corrected chi connectivity index (χ4v) is 1.70. The van der Waals surface area contributed by atoms with Gasteiger partial charge in [0.2, 0.25) is 0 Å². The van der Waals surface area contributed by atoms with Crippen LogP contribution in [0.5, 0.6) is 0 Å². The van der Waals surface area contributed by atoms with E-state index in [0.717, 1.165) is 0 Å². The zero-order valence-corrected chi connectivity index (χ0v) is 8.42. The Morgan fingerprint density at radius 3 is 2.30 bits per heavy atom. The Balaban J connectivity index is 3.04. The van der Waals surface area contributed by atoms with Crippen molar-refractivity contribution in [3.05, 3.63) is 5.75 Å². The lowest BCUT2D eigenvalue weighted by Crippen LogP contribution is -2.05. The minimum absolute atomic E-state index is 0.509. The first-order valence-electron chi connectivity index (χ1n) is 3.99. The van der Waals surface area contributed by atoms with Gasteiger partial charge in [-0.3, -0.25) is 0 Å². The molecule has 1 heteroatoms. The molecule has 0 N–H and O–H groups in total. The highest BCUT2D eigenvalue weighted by molar-refractivity contribution is 8.01. The standard InChI is InChI=1S/C9H19S/c1-5-7-10-8-6-9(2,3)4/h7H,5-6,8H2,1-4H3. The third-order valence-corrected chi connectivity index (χ3v) is 2.26. The van der Waals surface area contributed by atoms with Gasteiger partial charge >= 0.3 is 0 Å². The third-order valence-electron chi connectivity index (χ3n) is 1.25. The zero-order chi connectivity index (χ0) is 8.04. The van der Waals surface area contributed by atoms with E-state index >= 15 is 0 Å². The lowest BCUT2D eigenvalue weighted by Gasteiger charge is -2.16. The molecule has 61 valence electrons. The summed E-state index contributed by atoms with van der Waals surface area (Å²) in [5.74, 6) is 3.56. The van der Waals surface area contributed by atoms with Crippen LogP contribution in [-0.2, 0) is 0 Å². The molecule has 0 saturated carbocycles. The molecule has 0 aliphatic rings. The van der Waals surface area contributed by atoms with Crippen LogP contribution in [0.25, 0.3) is 0 Å². The summed E-state index contributed by atoms with van der Waals surface area (Å²) >= 11 is 1.96. The lowest BCUT2D eigenvalue weighted by atomic mass is 9.94. The second-order valence-corrected chi connectivity index (χ2v) is 4.83. The molecule has 0 amide bonds. The van der Waals surface area contributed by atoms with Crippen LogP contribution < -0.4 is 0 Å². The highest BCUT2D eigenvalue weighted by atomic mass is 32.2. The second kappa shape index (κ2) is 5.06. The molecule has 0 aromatic heterocycles. The quantitative estimate of drug-likeness (QED) is 0.563. The summed E-state index contributed by atoms with van der Waals surface area (Å²) in [7, 11) is 0. The topological polar surface area (TPSA) is 0 Å². The largest absolute Gasteiger partial charge is 0.157 e. The average molecular weight is 159 g/mol. The summed E-state index contributed by atoms with van der Waals surface area (Å²) in [6.07, 6.45) is 2.50. The van der Waals surface area contributed by atoms with E-state index in [4.69, 9.17) is 0 Å². The highest BCUT2D eigenvalue weighted by Crippen LogP contribution is 2.22. The van der Waals surface area contributed by atoms with Crippen LogP contribution in [0.4, 0.5) is 0 Å². The summed E-state index contributed by atoms with van der Waals surface area (Å²) in [5.41, 5.74) is 0.509. The minimum atomic E-state index is 0.509. The van der Waals surface area contributed by atoms with Crippen molar-refractivity contribution in [1.29, 1.82) is 0 Å². The molecule has 0 atom stereocenters. The van der Waals surface area contributed by atoms with Crippen LogP contribution in [0.3, 0.4) is 0 Å². The predicted octanol–water partition coefficient (Wildman–Crippen LogP) is 3.73. The summed E-state index contributed by atoms with van der Waals surface area (Å²) in [4.78, 5) is 0. The van der Waals surface area contributed by atoms with Gasteiger partial charge in [-0.25, -0.2) is 0 Å². The fourth-order valence-electron chi connectivity index (χ4n) is 0.566. The molecule has 0 aromatic carbocycles. The molecular formula is C9H19S. The summed E-state index contributed by atoms with van der Waals surface area (Å²) in [6, 6.07) is 0. The third kappa shape index (κ3) is 8.35. The summed E-state index contributed by atoms with van der Waals surface area (Å²) < 4.78 is 0. The van der Waals surface area contributed by atoms with Gasteiger partial charge in [0.15, 0.2) is 0 Å². The van der Waals surface area contributed by atoms with E-state index in [1.165, 1.54) is 18.6 Å². The Morgan fingerprint density at radius 2 is 1.90 bits per heavy atom. The van der Waals surface area contributed by atoms with E-state index in [2.05, 4.69) is 33.4 Å². The van der Waals surface area contributed by atoms with E-state index in [1.807, 2.05) is 11.8 Å². The van der Waals surface area contributed by atoms with Crippen LogP contribution in [0.1, 0.15) is 40.5 Å². The predicted molar refractivity (Wildman–Crippen MR) is 51.1 cm³/mol. The second-order valence-electron chi connectivity index (χ2n) is 3.76. The van der Waals surface area contributed by atoms with Gasteiger partial charge < -0.3 is 0 Å². The van der Waals surface area contributed by atoms with Crippen LogP contribution in [0, 0.1) is 11.2 Å². The lowest BCUT2D eigenvalue weighted by molar-refractivity contribution is 0.401. The Labute approximate surface area is 69.8 Å². The maximum atomic E-state index is 2.29. The molecule has 1 radical (unpaired) electrons. The number of thioether (sulfide) groups is 1. The molecule has 0 aromatic rings. The van der Waals surface area contributed by atoms with Crippen molar-refractivity contribution in [3.63, 3.8) is 0 Å². The van der Waals surface area contributed by atoms with Crippen molar-refractivity contribution in [2.75, 3.05) is 5.75 Å². The number of hydrogen-bond donors (Lipinski definition) is 0. The molecule has 10 heavy (non-hydrogen) atoms. The monoisotopic (exact) mass is 159 g/mol. The molecule has 0 aliphatic heterocycles. The molecule has 0 fully saturated rings. The molecule has 0 bridgehead atoms. The molecule has 0 saturated heterocycles. The van der Waals surface area contributed by atoms with Crippen molar-refractivity contribution < 1.29 is 0 Å². The van der Waals surface area contributed by atoms with Gasteiger partial charge in [0.1, 0.15) is 0 Å². The maximum Gasteiger partial charge on any atom is 0.0163 e. The molecule has 0 aliphatic carbocycles. The molecule has 0 spiro atoms. The first kappa shape index (κ1) is 10.3. The summed E-state index contributed by atoms with van der Waals surface area (Å²) in [5, 5.41) is 0. The van der Waals surface area contributed by atoms with E-state index in [0.29, 0.717) is 5.41 Å². The van der Waals surface area contributed by atoms with Crippen LogP contribution in [0.15, 0.2) is 0 Å². The Morgan fingerprint density at radius 1 is 1.30 bits per heavy atom. The van der Waals surface area contributed by atoms with Crippen LogP contribution >= 0.6 is 11.8 Å². The highest BCUT2D eigenvalue weighted by Gasteiger charge is 2.08. The molecule has 0 nitrogen and oxygen atoms in total. The van der Waals surface area contributed by atoms with Gasteiger partial charge in [0.25, 0.3) is 0 Å². The van der Waals surface area contributed by atoms with Gasteiger partial charge in [0.05, 0.1) is 0 Å². The van der Waals surface area contributed by atoms with Crippen molar-refractivity contribution in [1.82, 2.24) is 0 Å². The number of hydrogen-bond acceptors (Lipinski definition) is 1. The molecule has 0 heterocycles. The van der Waals surface area contributed by atoms with E-state index in [9.17, 15) is 0 Å². The van der Waals surface area contributed by atoms with Crippen molar-refractivity contribution >= 4 is 11.8 Å². The first-order chi connectivity index (χ1) is 4.56. The van der Waals surface area contributed by atoms with Crippen LogP contribution in [-0.4, -0.2) is 5.75 Å². The van der Waals surface area contributed by atoms with E-state index < -0.39 is 0 Å². The Bertz CT molecular complexity index is 71.3. The normalized spacial score (nSPS) is 12.0. The van der Waals surface area contributed by atoms with Crippen molar-refractivity contribution in [2.24, 2.45) is 5.41 Å².